The summed E-state index contributed by atoms with van der Waals surface area (Å²) in [4.78, 5) is 5.64. The molecule has 0 bridgehead atoms. The quantitative estimate of drug-likeness (QED) is 0.681. The van der Waals surface area contributed by atoms with Gasteiger partial charge in [-0.2, -0.15) is 0 Å². The summed E-state index contributed by atoms with van der Waals surface area (Å²) >= 11 is 3.56. The minimum absolute atomic E-state index is 1.11. The number of benzene rings is 1. The molecule has 0 fully saturated rings. The minimum atomic E-state index is 1.11. The van der Waals surface area contributed by atoms with Gasteiger partial charge in [-0.1, -0.05) is 13.0 Å². The van der Waals surface area contributed by atoms with E-state index in [1.54, 1.807) is 11.3 Å². The molecule has 1 aromatic heterocycles. The number of para-hydroxylation sites is 1. The smallest absolute Gasteiger partial charge is 0.0947 e. The lowest BCUT2D eigenvalue weighted by Crippen LogP contribution is -1.75. The van der Waals surface area contributed by atoms with Crippen molar-refractivity contribution in [2.75, 3.05) is 5.75 Å². The van der Waals surface area contributed by atoms with Crippen molar-refractivity contribution >= 4 is 33.3 Å². The first-order valence-electron chi connectivity index (χ1n) is 3.87. The zero-order valence-corrected chi connectivity index (χ0v) is 8.41. The number of thioether (sulfide) groups is 1. The number of nitrogens with zero attached hydrogens (tertiary/aromatic N) is 1. The number of hydrogen-bond acceptors (Lipinski definition) is 3. The average molecular weight is 195 g/mol. The van der Waals surface area contributed by atoms with Crippen molar-refractivity contribution in [2.45, 2.75) is 11.8 Å². The molecule has 1 heterocycles. The average Bonchev–Trinajstić information content (AvgIpc) is 2.53. The number of thiazole rings is 1. The molecule has 3 heteroatoms. The van der Waals surface area contributed by atoms with Crippen LogP contribution in [0.4, 0.5) is 0 Å². The second kappa shape index (κ2) is 3.46. The van der Waals surface area contributed by atoms with Crippen LogP contribution in [0.2, 0.25) is 0 Å². The fraction of sp³-hybridized carbons (Fsp3) is 0.222. The number of aromatic nitrogens is 1. The first kappa shape index (κ1) is 8.08. The highest BCUT2D eigenvalue weighted by molar-refractivity contribution is 7.99. The Morgan fingerprint density at radius 1 is 1.50 bits per heavy atom. The molecule has 0 amide bonds. The molecule has 0 N–H and O–H groups in total. The fourth-order valence-corrected chi connectivity index (χ4v) is 2.69. The summed E-state index contributed by atoms with van der Waals surface area (Å²) < 4.78 is 1.29. The van der Waals surface area contributed by atoms with E-state index in [2.05, 4.69) is 30.1 Å². The SMILES string of the molecule is CCSc1cccc2scnc12. The van der Waals surface area contributed by atoms with Gasteiger partial charge < -0.3 is 0 Å². The molecule has 1 nitrogen and oxygen atoms in total. The molecule has 0 saturated heterocycles. The van der Waals surface area contributed by atoms with E-state index >= 15 is 0 Å². The Labute approximate surface area is 79.8 Å². The first-order chi connectivity index (χ1) is 5.92. The van der Waals surface area contributed by atoms with Crippen molar-refractivity contribution in [2.24, 2.45) is 0 Å². The first-order valence-corrected chi connectivity index (χ1v) is 5.73. The van der Waals surface area contributed by atoms with Gasteiger partial charge in [-0.05, 0) is 17.9 Å². The standard InChI is InChI=1S/C9H9NS2/c1-2-11-7-4-3-5-8-9(7)10-6-12-8/h3-6H,2H2,1H3. The molecule has 0 aliphatic rings. The van der Waals surface area contributed by atoms with Gasteiger partial charge in [0.1, 0.15) is 0 Å². The van der Waals surface area contributed by atoms with Gasteiger partial charge in [0, 0.05) is 4.90 Å². The van der Waals surface area contributed by atoms with Crippen LogP contribution < -0.4 is 0 Å². The van der Waals surface area contributed by atoms with Crippen LogP contribution in [0.1, 0.15) is 6.92 Å². The molecule has 12 heavy (non-hydrogen) atoms. The van der Waals surface area contributed by atoms with Gasteiger partial charge in [0.05, 0.1) is 15.7 Å². The third-order valence-electron chi connectivity index (χ3n) is 1.62. The van der Waals surface area contributed by atoms with Crippen LogP contribution in [0, 0.1) is 0 Å². The molecule has 0 aliphatic heterocycles. The monoisotopic (exact) mass is 195 g/mol. The van der Waals surface area contributed by atoms with Crippen LogP contribution in [0.5, 0.6) is 0 Å². The van der Waals surface area contributed by atoms with Crippen molar-refractivity contribution < 1.29 is 0 Å². The molecule has 0 radical (unpaired) electrons. The third-order valence-corrected chi connectivity index (χ3v) is 3.35. The Morgan fingerprint density at radius 2 is 2.42 bits per heavy atom. The van der Waals surface area contributed by atoms with E-state index in [0.29, 0.717) is 0 Å². The van der Waals surface area contributed by atoms with E-state index in [9.17, 15) is 0 Å². The maximum Gasteiger partial charge on any atom is 0.0947 e. The van der Waals surface area contributed by atoms with Crippen molar-refractivity contribution in [1.29, 1.82) is 0 Å². The minimum Gasteiger partial charge on any atom is -0.243 e. The Hall–Kier alpha value is -0.540. The van der Waals surface area contributed by atoms with E-state index in [1.807, 2.05) is 17.3 Å². The molecule has 2 aromatic rings. The van der Waals surface area contributed by atoms with Crippen molar-refractivity contribution in [1.82, 2.24) is 4.98 Å². The lowest BCUT2D eigenvalue weighted by atomic mass is 10.3. The van der Waals surface area contributed by atoms with E-state index < -0.39 is 0 Å². The van der Waals surface area contributed by atoms with Gasteiger partial charge in [0.15, 0.2) is 0 Å². The number of fused-ring (bicyclic) bond motifs is 1. The van der Waals surface area contributed by atoms with E-state index in [4.69, 9.17) is 0 Å². The maximum absolute atomic E-state index is 4.33. The topological polar surface area (TPSA) is 12.9 Å². The number of hydrogen-bond donors (Lipinski definition) is 0. The van der Waals surface area contributed by atoms with Crippen molar-refractivity contribution in [3.05, 3.63) is 23.7 Å². The molecule has 0 aliphatic carbocycles. The Morgan fingerprint density at radius 3 is 3.25 bits per heavy atom. The second-order valence-electron chi connectivity index (χ2n) is 2.39. The summed E-state index contributed by atoms with van der Waals surface area (Å²) in [7, 11) is 0. The molecule has 0 atom stereocenters. The predicted octanol–water partition coefficient (Wildman–Crippen LogP) is 3.41. The summed E-state index contributed by atoms with van der Waals surface area (Å²) in [6.07, 6.45) is 0. The second-order valence-corrected chi connectivity index (χ2v) is 4.58. The molecule has 0 unspecified atom stereocenters. The highest BCUT2D eigenvalue weighted by Gasteiger charge is 2.01. The lowest BCUT2D eigenvalue weighted by molar-refractivity contribution is 1.40. The normalized spacial score (nSPS) is 10.8. The Bertz CT molecular complexity index is 381. The van der Waals surface area contributed by atoms with Crippen LogP contribution in [-0.4, -0.2) is 10.7 Å². The summed E-state index contributed by atoms with van der Waals surface area (Å²) in [5.74, 6) is 1.11. The number of rotatable bonds is 2. The lowest BCUT2D eigenvalue weighted by Gasteiger charge is -1.97. The largest absolute Gasteiger partial charge is 0.243 e. The summed E-state index contributed by atoms with van der Waals surface area (Å²) in [6, 6.07) is 6.35. The molecular formula is C9H9NS2. The van der Waals surface area contributed by atoms with Gasteiger partial charge in [-0.15, -0.1) is 23.1 Å². The van der Waals surface area contributed by atoms with E-state index in [-0.39, 0.29) is 0 Å². The summed E-state index contributed by atoms with van der Waals surface area (Å²) in [6.45, 7) is 2.16. The van der Waals surface area contributed by atoms with Crippen LogP contribution >= 0.6 is 23.1 Å². The Kier molecular flexibility index (Phi) is 2.33. The van der Waals surface area contributed by atoms with E-state index in [1.165, 1.54) is 9.60 Å². The van der Waals surface area contributed by atoms with Gasteiger partial charge in [-0.3, -0.25) is 0 Å². The van der Waals surface area contributed by atoms with E-state index in [0.717, 1.165) is 11.3 Å². The predicted molar refractivity (Wildman–Crippen MR) is 56.0 cm³/mol. The van der Waals surface area contributed by atoms with Crippen molar-refractivity contribution in [3.8, 4) is 0 Å². The molecule has 0 saturated carbocycles. The van der Waals surface area contributed by atoms with Crippen LogP contribution in [0.3, 0.4) is 0 Å². The van der Waals surface area contributed by atoms with Crippen LogP contribution in [0.25, 0.3) is 10.2 Å². The van der Waals surface area contributed by atoms with Gasteiger partial charge >= 0.3 is 0 Å². The molecule has 1 aromatic carbocycles. The molecular weight excluding hydrogens is 186 g/mol. The maximum atomic E-state index is 4.33. The zero-order valence-electron chi connectivity index (χ0n) is 6.78. The van der Waals surface area contributed by atoms with Crippen LogP contribution in [-0.2, 0) is 0 Å². The highest BCUT2D eigenvalue weighted by Crippen LogP contribution is 2.28. The van der Waals surface area contributed by atoms with Crippen molar-refractivity contribution in [3.63, 3.8) is 0 Å². The van der Waals surface area contributed by atoms with Gasteiger partial charge in [0.25, 0.3) is 0 Å². The van der Waals surface area contributed by atoms with Crippen LogP contribution in [0.15, 0.2) is 28.6 Å². The highest BCUT2D eigenvalue weighted by atomic mass is 32.2. The summed E-state index contributed by atoms with van der Waals surface area (Å²) in [5.41, 5.74) is 3.07. The molecule has 2 rings (SSSR count). The molecule has 0 spiro atoms. The summed E-state index contributed by atoms with van der Waals surface area (Å²) in [5, 5.41) is 0. The molecule has 62 valence electrons. The van der Waals surface area contributed by atoms with Gasteiger partial charge in [-0.25, -0.2) is 4.98 Å². The fourth-order valence-electron chi connectivity index (χ4n) is 1.13. The van der Waals surface area contributed by atoms with Gasteiger partial charge in [0.2, 0.25) is 0 Å². The Balaban J connectivity index is 2.57. The third kappa shape index (κ3) is 1.34. The zero-order chi connectivity index (χ0) is 8.39.